The van der Waals surface area contributed by atoms with E-state index in [1.807, 2.05) is 11.3 Å². The highest BCUT2D eigenvalue weighted by Crippen LogP contribution is 2.61. The monoisotopic (exact) mass is 371 g/mol. The van der Waals surface area contributed by atoms with Gasteiger partial charge in [0.2, 0.25) is 0 Å². The molecule has 0 aromatic carbocycles. The van der Waals surface area contributed by atoms with Crippen LogP contribution in [0.3, 0.4) is 0 Å². The van der Waals surface area contributed by atoms with Gasteiger partial charge < -0.3 is 5.32 Å². The first-order valence-electron chi connectivity index (χ1n) is 11.2. The van der Waals surface area contributed by atoms with E-state index in [2.05, 4.69) is 15.6 Å². The summed E-state index contributed by atoms with van der Waals surface area (Å²) in [5.41, 5.74) is 1.85. The number of hydrogen-bond acceptors (Lipinski definition) is 4. The van der Waals surface area contributed by atoms with Crippen LogP contribution in [0.25, 0.3) is 0 Å². The largest absolute Gasteiger partial charge is 0.314 e. The van der Waals surface area contributed by atoms with E-state index in [9.17, 15) is 0 Å². The number of hydrogen-bond donors (Lipinski definition) is 1. The van der Waals surface area contributed by atoms with Crippen molar-refractivity contribution < 1.29 is 0 Å². The second-order valence-electron chi connectivity index (χ2n) is 10.3. The van der Waals surface area contributed by atoms with Gasteiger partial charge >= 0.3 is 0 Å². The Bertz CT molecular complexity index is 633. The van der Waals surface area contributed by atoms with Crippen LogP contribution in [-0.2, 0) is 12.0 Å². The van der Waals surface area contributed by atoms with Crippen LogP contribution in [0.15, 0.2) is 5.38 Å². The Morgan fingerprint density at radius 2 is 1.88 bits per heavy atom. The first kappa shape index (κ1) is 16.5. The van der Waals surface area contributed by atoms with Crippen molar-refractivity contribution in [1.82, 2.24) is 15.2 Å². The van der Waals surface area contributed by atoms with E-state index in [0.717, 1.165) is 36.3 Å². The average molecular weight is 372 g/mol. The fourth-order valence-corrected chi connectivity index (χ4v) is 8.73. The zero-order valence-corrected chi connectivity index (χ0v) is 16.8. The number of fused-ring (bicyclic) bond motifs is 1. The lowest BCUT2D eigenvalue weighted by Gasteiger charge is -2.56. The Morgan fingerprint density at radius 3 is 2.65 bits per heavy atom. The van der Waals surface area contributed by atoms with Crippen LogP contribution in [0.1, 0.15) is 68.5 Å². The second kappa shape index (κ2) is 6.28. The topological polar surface area (TPSA) is 28.2 Å². The second-order valence-corrected chi connectivity index (χ2v) is 11.2. The van der Waals surface area contributed by atoms with E-state index in [4.69, 9.17) is 4.98 Å². The molecule has 2 saturated heterocycles. The van der Waals surface area contributed by atoms with Gasteiger partial charge in [0.25, 0.3) is 0 Å². The highest BCUT2D eigenvalue weighted by molar-refractivity contribution is 7.09. The Morgan fingerprint density at radius 1 is 1.12 bits per heavy atom. The van der Waals surface area contributed by atoms with E-state index >= 15 is 0 Å². The molecule has 142 valence electrons. The lowest BCUT2D eigenvalue weighted by atomic mass is 9.50. The van der Waals surface area contributed by atoms with Crippen molar-refractivity contribution in [3.05, 3.63) is 16.1 Å². The van der Waals surface area contributed by atoms with Crippen LogP contribution in [0.2, 0.25) is 0 Å². The molecule has 2 atom stereocenters. The average Bonchev–Trinajstić information content (AvgIpc) is 3.10. The highest BCUT2D eigenvalue weighted by atomic mass is 32.1. The fourth-order valence-electron chi connectivity index (χ4n) is 7.69. The quantitative estimate of drug-likeness (QED) is 0.864. The molecular weight excluding hydrogens is 338 g/mol. The van der Waals surface area contributed by atoms with E-state index in [1.54, 1.807) is 0 Å². The molecule has 26 heavy (non-hydrogen) atoms. The Balaban J connectivity index is 1.16. The smallest absolute Gasteiger partial charge is 0.0991 e. The molecule has 1 N–H and O–H groups in total. The summed E-state index contributed by atoms with van der Waals surface area (Å²) >= 11 is 2.00. The van der Waals surface area contributed by atoms with Crippen molar-refractivity contribution in [3.63, 3.8) is 0 Å². The molecule has 0 unspecified atom stereocenters. The zero-order valence-electron chi connectivity index (χ0n) is 16.0. The van der Waals surface area contributed by atoms with Gasteiger partial charge in [-0.1, -0.05) is 0 Å². The fraction of sp³-hybridized carbons (Fsp3) is 0.864. The van der Waals surface area contributed by atoms with Crippen molar-refractivity contribution in [2.45, 2.75) is 75.8 Å². The Labute approximate surface area is 162 Å². The molecule has 3 nitrogen and oxygen atoms in total. The third-order valence-electron chi connectivity index (χ3n) is 8.41. The SMILES string of the molecule is c1sc(C23CC4CC(CC(C4)C2)C3)nc1CN1CC[C@@H]2NCCC[C@@H]2C1. The molecule has 6 aliphatic rings. The van der Waals surface area contributed by atoms with E-state index < -0.39 is 0 Å². The normalized spacial score (nSPS) is 45.0. The molecule has 0 spiro atoms. The number of likely N-dealkylation sites (tertiary alicyclic amines) is 1. The molecule has 6 fully saturated rings. The van der Waals surface area contributed by atoms with Gasteiger partial charge in [-0.05, 0) is 88.0 Å². The van der Waals surface area contributed by atoms with Gasteiger partial charge in [-0.25, -0.2) is 4.98 Å². The van der Waals surface area contributed by atoms with Crippen LogP contribution in [0, 0.1) is 23.7 Å². The molecule has 3 heterocycles. The summed E-state index contributed by atoms with van der Waals surface area (Å²) in [6, 6.07) is 0.790. The molecule has 0 amide bonds. The van der Waals surface area contributed by atoms with Crippen LogP contribution >= 0.6 is 11.3 Å². The molecule has 4 heteroatoms. The zero-order chi connectivity index (χ0) is 17.1. The minimum Gasteiger partial charge on any atom is -0.314 e. The minimum atomic E-state index is 0.484. The number of nitrogens with one attached hydrogen (secondary N) is 1. The van der Waals surface area contributed by atoms with E-state index in [0.29, 0.717) is 5.41 Å². The summed E-state index contributed by atoms with van der Waals surface area (Å²) < 4.78 is 0. The Hall–Kier alpha value is -0.450. The molecule has 0 radical (unpaired) electrons. The number of piperidine rings is 2. The predicted molar refractivity (Wildman–Crippen MR) is 106 cm³/mol. The first-order chi connectivity index (χ1) is 12.8. The lowest BCUT2D eigenvalue weighted by molar-refractivity contribution is -0.00539. The molecule has 1 aromatic heterocycles. The molecular formula is C22H33N3S. The van der Waals surface area contributed by atoms with Crippen LogP contribution in [-0.4, -0.2) is 35.6 Å². The van der Waals surface area contributed by atoms with E-state index in [-0.39, 0.29) is 0 Å². The maximum atomic E-state index is 5.26. The Kier molecular flexibility index (Phi) is 3.99. The summed E-state index contributed by atoms with van der Waals surface area (Å²) in [4.78, 5) is 7.95. The van der Waals surface area contributed by atoms with Crippen LogP contribution < -0.4 is 5.32 Å². The van der Waals surface area contributed by atoms with E-state index in [1.165, 1.54) is 88.1 Å². The maximum absolute atomic E-state index is 5.26. The van der Waals surface area contributed by atoms with Crippen molar-refractivity contribution in [2.24, 2.45) is 23.7 Å². The number of rotatable bonds is 3. The van der Waals surface area contributed by atoms with Gasteiger partial charge in [0.1, 0.15) is 0 Å². The summed E-state index contributed by atoms with van der Waals surface area (Å²) in [5.74, 6) is 3.93. The van der Waals surface area contributed by atoms with Gasteiger partial charge in [-0.2, -0.15) is 0 Å². The van der Waals surface area contributed by atoms with Crippen LogP contribution in [0.5, 0.6) is 0 Å². The highest BCUT2D eigenvalue weighted by Gasteiger charge is 2.52. The first-order valence-corrected chi connectivity index (χ1v) is 12.0. The molecule has 4 bridgehead atoms. The summed E-state index contributed by atoms with van der Waals surface area (Å²) in [6.07, 6.45) is 13.1. The predicted octanol–water partition coefficient (Wildman–Crippen LogP) is 4.18. The van der Waals surface area contributed by atoms with Crippen LogP contribution in [0.4, 0.5) is 0 Å². The number of thiazole rings is 1. The maximum Gasteiger partial charge on any atom is 0.0991 e. The molecule has 2 aliphatic heterocycles. The third kappa shape index (κ3) is 2.79. The summed E-state index contributed by atoms with van der Waals surface area (Å²) in [7, 11) is 0. The van der Waals surface area contributed by atoms with Gasteiger partial charge in [0.05, 0.1) is 10.7 Å². The van der Waals surface area contributed by atoms with Crippen molar-refractivity contribution >= 4 is 11.3 Å². The van der Waals surface area contributed by atoms with Gasteiger partial charge in [-0.15, -0.1) is 11.3 Å². The van der Waals surface area contributed by atoms with Crippen molar-refractivity contribution in [1.29, 1.82) is 0 Å². The van der Waals surface area contributed by atoms with Crippen molar-refractivity contribution in [2.75, 3.05) is 19.6 Å². The third-order valence-corrected chi connectivity index (χ3v) is 9.54. The number of nitrogens with zero attached hydrogens (tertiary/aromatic N) is 2. The molecule has 4 saturated carbocycles. The van der Waals surface area contributed by atoms with Gasteiger partial charge in [-0.3, -0.25) is 4.90 Å². The number of aromatic nitrogens is 1. The van der Waals surface area contributed by atoms with Gasteiger partial charge in [0, 0.05) is 36.5 Å². The standard InChI is InChI=1S/C22H33N3S/c1-2-18-12-25(5-3-20(18)23-4-1)13-19-14-26-21(24-19)22-9-15-6-16(10-22)8-17(7-15)11-22/h14-18,20,23H,1-13H2/t15?,16?,17?,18-,20+,22?/m1/s1. The lowest BCUT2D eigenvalue weighted by Crippen LogP contribution is -2.51. The molecule has 1 aromatic rings. The summed E-state index contributed by atoms with van der Waals surface area (Å²) in [5, 5.41) is 7.66. The van der Waals surface area contributed by atoms with Gasteiger partial charge in [0.15, 0.2) is 0 Å². The van der Waals surface area contributed by atoms with Crippen molar-refractivity contribution in [3.8, 4) is 0 Å². The minimum absolute atomic E-state index is 0.484. The molecule has 4 aliphatic carbocycles. The summed E-state index contributed by atoms with van der Waals surface area (Å²) in [6.45, 7) is 4.86. The molecule has 7 rings (SSSR count).